The highest BCUT2D eigenvalue weighted by molar-refractivity contribution is 9.11. The Bertz CT molecular complexity index is 668. The summed E-state index contributed by atoms with van der Waals surface area (Å²) in [6, 6.07) is 5.50. The third-order valence-electron chi connectivity index (χ3n) is 3.20. The molecule has 1 aromatic heterocycles. The summed E-state index contributed by atoms with van der Waals surface area (Å²) in [6.45, 7) is 0.945. The summed E-state index contributed by atoms with van der Waals surface area (Å²) < 4.78 is 7.06. The fourth-order valence-corrected chi connectivity index (χ4v) is 3.39. The smallest absolute Gasteiger partial charge is 0.322 e. The predicted octanol–water partition coefficient (Wildman–Crippen LogP) is 3.27. The Morgan fingerprint density at radius 1 is 1.38 bits per heavy atom. The van der Waals surface area contributed by atoms with Crippen LogP contribution in [0.5, 0.6) is 0 Å². The van der Waals surface area contributed by atoms with Crippen LogP contribution in [0.2, 0.25) is 0 Å². The molecule has 3 rings (SSSR count). The molecule has 6 nitrogen and oxygen atoms in total. The number of anilines is 1. The lowest BCUT2D eigenvalue weighted by Crippen LogP contribution is -2.13. The van der Waals surface area contributed by atoms with Crippen LogP contribution >= 0.6 is 31.9 Å². The maximum absolute atomic E-state index is 12.2. The van der Waals surface area contributed by atoms with Gasteiger partial charge in [-0.15, -0.1) is 5.10 Å². The topological polar surface area (TPSA) is 80.0 Å². The number of nitrogens with one attached hydrogen (secondary N) is 2. The summed E-state index contributed by atoms with van der Waals surface area (Å²) in [5, 5.41) is 13.7. The van der Waals surface area contributed by atoms with Crippen LogP contribution in [0.25, 0.3) is 0 Å². The van der Waals surface area contributed by atoms with E-state index in [0.717, 1.165) is 23.9 Å². The second kappa shape index (κ2) is 6.25. The molecule has 0 bridgehead atoms. The van der Waals surface area contributed by atoms with Crippen molar-refractivity contribution in [3.05, 3.63) is 38.6 Å². The fourth-order valence-electron chi connectivity index (χ4n) is 2.16. The first kappa shape index (κ1) is 14.7. The molecule has 110 valence electrons. The van der Waals surface area contributed by atoms with E-state index < -0.39 is 0 Å². The number of aromatic nitrogens is 2. The average Bonchev–Trinajstić information content (AvgIpc) is 3.08. The number of amides is 1. The van der Waals surface area contributed by atoms with Crippen LogP contribution in [0, 0.1) is 0 Å². The largest absolute Gasteiger partial charge is 0.406 e. The van der Waals surface area contributed by atoms with E-state index in [1.54, 1.807) is 18.2 Å². The van der Waals surface area contributed by atoms with Crippen molar-refractivity contribution in [1.29, 1.82) is 0 Å². The van der Waals surface area contributed by atoms with Crippen LogP contribution in [0.1, 0.15) is 35.1 Å². The van der Waals surface area contributed by atoms with Crippen molar-refractivity contribution in [2.24, 2.45) is 0 Å². The highest BCUT2D eigenvalue weighted by Crippen LogP contribution is 2.25. The van der Waals surface area contributed by atoms with Gasteiger partial charge < -0.3 is 9.73 Å². The van der Waals surface area contributed by atoms with Crippen molar-refractivity contribution < 1.29 is 9.21 Å². The van der Waals surface area contributed by atoms with E-state index in [1.165, 1.54) is 0 Å². The molecule has 1 aliphatic rings. The minimum absolute atomic E-state index is 0.0857. The Balaban J connectivity index is 1.72. The predicted molar refractivity (Wildman–Crippen MR) is 84.1 cm³/mol. The van der Waals surface area contributed by atoms with Crippen LogP contribution in [0.3, 0.4) is 0 Å². The van der Waals surface area contributed by atoms with Crippen molar-refractivity contribution in [3.8, 4) is 0 Å². The number of halogens is 2. The molecule has 2 aromatic rings. The van der Waals surface area contributed by atoms with Crippen molar-refractivity contribution >= 4 is 43.8 Å². The maximum Gasteiger partial charge on any atom is 0.322 e. The van der Waals surface area contributed by atoms with Gasteiger partial charge in [0, 0.05) is 8.95 Å². The van der Waals surface area contributed by atoms with Crippen molar-refractivity contribution in [1.82, 2.24) is 15.5 Å². The minimum Gasteiger partial charge on any atom is -0.406 e. The average molecular weight is 416 g/mol. The van der Waals surface area contributed by atoms with E-state index in [9.17, 15) is 4.79 Å². The van der Waals surface area contributed by atoms with E-state index in [0.29, 0.717) is 15.9 Å². The molecular weight excluding hydrogens is 404 g/mol. The summed E-state index contributed by atoms with van der Waals surface area (Å²) in [5.41, 5.74) is 0.497. The Labute approximate surface area is 138 Å². The van der Waals surface area contributed by atoms with Gasteiger partial charge in [0.25, 0.3) is 5.91 Å². The zero-order valence-corrected chi connectivity index (χ0v) is 14.1. The second-order valence-electron chi connectivity index (χ2n) is 4.67. The molecule has 1 fully saturated rings. The number of hydrogen-bond acceptors (Lipinski definition) is 5. The first-order valence-electron chi connectivity index (χ1n) is 6.46. The van der Waals surface area contributed by atoms with Gasteiger partial charge in [0.1, 0.15) is 0 Å². The summed E-state index contributed by atoms with van der Waals surface area (Å²) in [5.74, 6) is 0.210. The van der Waals surface area contributed by atoms with Crippen LogP contribution in [0.15, 0.2) is 31.6 Å². The lowest BCUT2D eigenvalue weighted by Gasteiger charge is -2.04. The molecule has 8 heteroatoms. The Kier molecular flexibility index (Phi) is 4.37. The van der Waals surface area contributed by atoms with E-state index in [4.69, 9.17) is 4.42 Å². The standard InChI is InChI=1S/C13H12Br2N4O2/c14-7-3-4-8(9(15)6-7)11(20)17-13-19-18-12(21-13)10-2-1-5-16-10/h3-4,6,10,16H,1-2,5H2,(H,17,19,20). The molecule has 0 aliphatic carbocycles. The first-order valence-corrected chi connectivity index (χ1v) is 8.05. The molecule has 21 heavy (non-hydrogen) atoms. The molecule has 0 saturated carbocycles. The highest BCUT2D eigenvalue weighted by atomic mass is 79.9. The molecule has 1 unspecified atom stereocenters. The molecule has 2 heterocycles. The number of rotatable bonds is 3. The maximum atomic E-state index is 12.2. The summed E-state index contributed by atoms with van der Waals surface area (Å²) in [6.07, 6.45) is 2.05. The van der Waals surface area contributed by atoms with Crippen molar-refractivity contribution in [2.45, 2.75) is 18.9 Å². The van der Waals surface area contributed by atoms with Crippen molar-refractivity contribution in [3.63, 3.8) is 0 Å². The summed E-state index contributed by atoms with van der Waals surface area (Å²) in [4.78, 5) is 12.2. The second-order valence-corrected chi connectivity index (χ2v) is 6.44. The molecule has 1 amide bonds. The summed E-state index contributed by atoms with van der Waals surface area (Å²) in [7, 11) is 0. The highest BCUT2D eigenvalue weighted by Gasteiger charge is 2.23. The number of nitrogens with zero attached hydrogens (tertiary/aromatic N) is 2. The number of carbonyl (C=O) groups is 1. The van der Waals surface area contributed by atoms with E-state index >= 15 is 0 Å². The van der Waals surface area contributed by atoms with Crippen LogP contribution in [0.4, 0.5) is 6.01 Å². The van der Waals surface area contributed by atoms with Gasteiger partial charge in [-0.1, -0.05) is 21.0 Å². The SMILES string of the molecule is O=C(Nc1nnc(C2CCCN2)o1)c1ccc(Br)cc1Br. The fraction of sp³-hybridized carbons (Fsp3) is 0.308. The Morgan fingerprint density at radius 2 is 2.24 bits per heavy atom. The van der Waals surface area contributed by atoms with E-state index in [2.05, 4.69) is 52.7 Å². The van der Waals surface area contributed by atoms with Crippen LogP contribution < -0.4 is 10.6 Å². The van der Waals surface area contributed by atoms with Gasteiger partial charge in [0.15, 0.2) is 0 Å². The monoisotopic (exact) mass is 414 g/mol. The molecule has 1 aliphatic heterocycles. The minimum atomic E-state index is -0.302. The third kappa shape index (κ3) is 3.33. The van der Waals surface area contributed by atoms with Gasteiger partial charge in [-0.25, -0.2) is 0 Å². The first-order chi connectivity index (χ1) is 10.1. The lowest BCUT2D eigenvalue weighted by molar-refractivity contribution is 0.102. The van der Waals surface area contributed by atoms with Gasteiger partial charge >= 0.3 is 6.01 Å². The Morgan fingerprint density at radius 3 is 2.95 bits per heavy atom. The molecule has 2 N–H and O–H groups in total. The number of hydrogen-bond donors (Lipinski definition) is 2. The van der Waals surface area contributed by atoms with Gasteiger partial charge in [0.05, 0.1) is 11.6 Å². The van der Waals surface area contributed by atoms with Crippen LogP contribution in [-0.4, -0.2) is 22.6 Å². The summed E-state index contributed by atoms with van der Waals surface area (Å²) >= 11 is 6.70. The molecular formula is C13H12Br2N4O2. The molecule has 1 aromatic carbocycles. The Hall–Kier alpha value is -1.25. The number of carbonyl (C=O) groups excluding carboxylic acids is 1. The zero-order chi connectivity index (χ0) is 14.8. The third-order valence-corrected chi connectivity index (χ3v) is 4.34. The quantitative estimate of drug-likeness (QED) is 0.803. The van der Waals surface area contributed by atoms with E-state index in [1.807, 2.05) is 0 Å². The van der Waals surface area contributed by atoms with E-state index in [-0.39, 0.29) is 18.0 Å². The molecule has 0 spiro atoms. The van der Waals surface area contributed by atoms with Crippen LogP contribution in [-0.2, 0) is 0 Å². The van der Waals surface area contributed by atoms with Gasteiger partial charge in [-0.3, -0.25) is 10.1 Å². The van der Waals surface area contributed by atoms with Gasteiger partial charge in [-0.05, 0) is 53.5 Å². The molecule has 1 saturated heterocycles. The normalized spacial score (nSPS) is 17.9. The molecule has 1 atom stereocenters. The zero-order valence-electron chi connectivity index (χ0n) is 10.9. The molecule has 0 radical (unpaired) electrons. The van der Waals surface area contributed by atoms with Gasteiger partial charge in [0.2, 0.25) is 5.89 Å². The van der Waals surface area contributed by atoms with Gasteiger partial charge in [-0.2, -0.15) is 0 Å². The van der Waals surface area contributed by atoms with Crippen molar-refractivity contribution in [2.75, 3.05) is 11.9 Å². The lowest BCUT2D eigenvalue weighted by atomic mass is 10.2. The number of benzene rings is 1.